The third-order valence-corrected chi connectivity index (χ3v) is 14.1. The minimum atomic E-state index is -4.66. The maximum absolute atomic E-state index is 13.2. The maximum atomic E-state index is 13.2. The van der Waals surface area contributed by atoms with Crippen LogP contribution in [0, 0.1) is 23.2 Å². The normalized spacial score (nSPS) is 32.5. The number of ether oxygens (including phenoxy) is 1. The van der Waals surface area contributed by atoms with Gasteiger partial charge in [-0.3, -0.25) is 14.7 Å². The molecule has 0 bridgehead atoms. The SMILES string of the molecule is C[C@]12CCC3c4ccc(O)cc4CC(CCCNC(=O)c4ccc(N5CCN(C[C@H]6OC[C@H](Nc7cncc(C(F)(F)F)n7)[C@@H](O)[C@H]6O)CC5)cc4)C3C1CC[C@@H]2O. The average Bonchev–Trinajstić information content (AvgIpc) is 3.52. The molecule has 4 fully saturated rings. The Hall–Kier alpha value is -4.02. The molecule has 2 aromatic carbocycles. The summed E-state index contributed by atoms with van der Waals surface area (Å²) in [5.41, 5.74) is 3.02. The number of nitrogens with zero attached hydrogens (tertiary/aromatic N) is 4. The Morgan fingerprint density at radius 1 is 1.00 bits per heavy atom. The largest absolute Gasteiger partial charge is 0.508 e. The fourth-order valence-electron chi connectivity index (χ4n) is 10.9. The van der Waals surface area contributed by atoms with Crippen LogP contribution < -0.4 is 15.5 Å². The number of aliphatic hydroxyl groups is 3. The highest BCUT2D eigenvalue weighted by atomic mass is 19.4. The number of nitrogens with one attached hydrogen (secondary N) is 2. The van der Waals surface area contributed by atoms with Crippen molar-refractivity contribution >= 4 is 17.4 Å². The first-order chi connectivity index (χ1) is 27.8. The molecule has 1 aromatic heterocycles. The molecule has 314 valence electrons. The van der Waals surface area contributed by atoms with E-state index >= 15 is 0 Å². The molecule has 3 aromatic rings. The number of anilines is 2. The lowest BCUT2D eigenvalue weighted by atomic mass is 9.52. The summed E-state index contributed by atoms with van der Waals surface area (Å²) in [4.78, 5) is 24.7. The van der Waals surface area contributed by atoms with Gasteiger partial charge in [-0.25, -0.2) is 4.98 Å². The van der Waals surface area contributed by atoms with Crippen molar-refractivity contribution in [3.05, 3.63) is 77.2 Å². The van der Waals surface area contributed by atoms with Crippen LogP contribution in [0.2, 0.25) is 0 Å². The van der Waals surface area contributed by atoms with E-state index in [2.05, 4.69) is 43.4 Å². The first-order valence-electron chi connectivity index (χ1n) is 20.8. The summed E-state index contributed by atoms with van der Waals surface area (Å²) in [7, 11) is 0. The smallest absolute Gasteiger partial charge is 0.434 e. The number of amides is 1. The van der Waals surface area contributed by atoms with Gasteiger partial charge in [-0.2, -0.15) is 13.2 Å². The Bertz CT molecular complexity index is 1910. The molecule has 8 rings (SSSR count). The van der Waals surface area contributed by atoms with E-state index in [1.165, 1.54) is 11.1 Å². The van der Waals surface area contributed by atoms with Crippen molar-refractivity contribution in [2.24, 2.45) is 23.2 Å². The van der Waals surface area contributed by atoms with Crippen molar-refractivity contribution in [1.82, 2.24) is 20.2 Å². The Labute approximate surface area is 336 Å². The molecule has 2 aliphatic heterocycles. The van der Waals surface area contributed by atoms with E-state index in [1.807, 2.05) is 36.4 Å². The number of alkyl halides is 3. The summed E-state index contributed by atoms with van der Waals surface area (Å²) in [6, 6.07) is 12.6. The van der Waals surface area contributed by atoms with Crippen molar-refractivity contribution in [3.8, 4) is 5.75 Å². The van der Waals surface area contributed by atoms with Crippen LogP contribution in [0.3, 0.4) is 0 Å². The fraction of sp³-hybridized carbons (Fsp3) is 0.605. The number of carbonyl (C=O) groups excluding carboxylic acids is 1. The lowest BCUT2D eigenvalue weighted by molar-refractivity contribution is -0.147. The molecular weight excluding hydrogens is 754 g/mol. The van der Waals surface area contributed by atoms with Gasteiger partial charge in [0.05, 0.1) is 37.3 Å². The summed E-state index contributed by atoms with van der Waals surface area (Å²) < 4.78 is 45.0. The highest BCUT2D eigenvalue weighted by Crippen LogP contribution is 2.62. The van der Waals surface area contributed by atoms with Crippen LogP contribution in [-0.4, -0.2) is 118 Å². The van der Waals surface area contributed by atoms with Crippen molar-refractivity contribution in [2.75, 3.05) is 56.1 Å². The van der Waals surface area contributed by atoms with E-state index in [0.717, 1.165) is 56.8 Å². The first-order valence-corrected chi connectivity index (χ1v) is 20.8. The van der Waals surface area contributed by atoms with Crippen LogP contribution in [-0.2, 0) is 17.3 Å². The number of carbonyl (C=O) groups is 1. The van der Waals surface area contributed by atoms with Gasteiger partial charge in [-0.05, 0) is 122 Å². The van der Waals surface area contributed by atoms with E-state index < -0.39 is 36.2 Å². The van der Waals surface area contributed by atoms with Gasteiger partial charge in [0.25, 0.3) is 5.91 Å². The molecule has 12 nitrogen and oxygen atoms in total. The Kier molecular flexibility index (Phi) is 11.6. The minimum Gasteiger partial charge on any atom is -0.508 e. The highest BCUT2D eigenvalue weighted by Gasteiger charge is 2.56. The summed E-state index contributed by atoms with van der Waals surface area (Å²) in [6.07, 6.45) is 0.381. The third kappa shape index (κ3) is 8.25. The number of aromatic nitrogens is 2. The molecule has 2 saturated heterocycles. The fourth-order valence-corrected chi connectivity index (χ4v) is 10.9. The van der Waals surface area contributed by atoms with Crippen molar-refractivity contribution in [2.45, 2.75) is 94.4 Å². The molecule has 5 aliphatic rings. The summed E-state index contributed by atoms with van der Waals surface area (Å²) >= 11 is 0. The van der Waals surface area contributed by atoms with Gasteiger partial charge in [0.15, 0.2) is 5.69 Å². The van der Waals surface area contributed by atoms with Crippen LogP contribution in [0.4, 0.5) is 24.7 Å². The number of benzene rings is 2. The van der Waals surface area contributed by atoms with Crippen LogP contribution in [0.5, 0.6) is 5.75 Å². The summed E-state index contributed by atoms with van der Waals surface area (Å²) in [5, 5.41) is 48.7. The molecule has 15 heteroatoms. The second kappa shape index (κ2) is 16.6. The number of piperazine rings is 1. The van der Waals surface area contributed by atoms with Gasteiger partial charge in [-0.1, -0.05) is 13.0 Å². The monoisotopic (exact) mass is 808 g/mol. The molecule has 58 heavy (non-hydrogen) atoms. The van der Waals surface area contributed by atoms with Gasteiger partial charge in [0.2, 0.25) is 0 Å². The average molecular weight is 809 g/mol. The standard InChI is InChI=1S/C43H55F3N6O6/c1-42-13-12-31-30-9-8-29(53)20-27(30)19-26(38(31)32(42)10-11-36(42)54)3-2-14-48-41(57)25-4-6-28(7-5-25)52-17-15-51(16-18-52)23-34-40(56)39(55)33(24-58-34)49-37-22-47-21-35(50-37)43(44,45)46/h4-9,20-22,26,31-34,36,38-40,53-56H,2-3,10-19,23-24H2,1H3,(H,48,57)(H,49,50)/t26?,31?,32?,33-,34+,36-,38?,39+,40-,42-/m0/s1. The van der Waals surface area contributed by atoms with E-state index in [9.17, 15) is 38.4 Å². The maximum Gasteiger partial charge on any atom is 0.434 e. The van der Waals surface area contributed by atoms with E-state index in [-0.39, 0.29) is 29.9 Å². The number of aliphatic hydroxyl groups excluding tert-OH is 3. The van der Waals surface area contributed by atoms with Gasteiger partial charge >= 0.3 is 6.18 Å². The molecule has 4 unspecified atom stereocenters. The number of rotatable bonds is 10. The van der Waals surface area contributed by atoms with Crippen LogP contribution in [0.25, 0.3) is 0 Å². The Morgan fingerprint density at radius 3 is 2.53 bits per heavy atom. The molecule has 0 radical (unpaired) electrons. The molecule has 6 N–H and O–H groups in total. The second-order valence-electron chi connectivity index (χ2n) is 17.4. The Balaban J connectivity index is 0.785. The second-order valence-corrected chi connectivity index (χ2v) is 17.4. The zero-order valence-corrected chi connectivity index (χ0v) is 32.8. The van der Waals surface area contributed by atoms with Gasteiger partial charge in [-0.15, -0.1) is 0 Å². The quantitative estimate of drug-likeness (QED) is 0.159. The van der Waals surface area contributed by atoms with Crippen LogP contribution in [0.15, 0.2) is 54.9 Å². The molecule has 3 heterocycles. The molecule has 0 spiro atoms. The molecule has 2 saturated carbocycles. The lowest BCUT2D eigenvalue weighted by Crippen LogP contribution is -2.59. The predicted octanol–water partition coefficient (Wildman–Crippen LogP) is 4.58. The zero-order valence-electron chi connectivity index (χ0n) is 32.8. The number of fused-ring (bicyclic) bond motifs is 5. The molecule has 1 amide bonds. The van der Waals surface area contributed by atoms with Crippen molar-refractivity contribution < 1.29 is 43.1 Å². The van der Waals surface area contributed by atoms with Crippen molar-refractivity contribution in [3.63, 3.8) is 0 Å². The lowest BCUT2D eigenvalue weighted by Gasteiger charge is -2.53. The van der Waals surface area contributed by atoms with Crippen molar-refractivity contribution in [1.29, 1.82) is 0 Å². The first kappa shape index (κ1) is 40.7. The van der Waals surface area contributed by atoms with Crippen LogP contribution in [0.1, 0.15) is 78.5 Å². The molecular formula is C43H55F3N6O6. The van der Waals surface area contributed by atoms with Gasteiger partial charge < -0.3 is 40.7 Å². The van der Waals surface area contributed by atoms with Crippen LogP contribution >= 0.6 is 0 Å². The molecule has 3 aliphatic carbocycles. The van der Waals surface area contributed by atoms with Gasteiger partial charge in [0, 0.05) is 50.5 Å². The number of halogens is 3. The summed E-state index contributed by atoms with van der Waals surface area (Å²) in [5.74, 6) is 1.89. The van der Waals surface area contributed by atoms with E-state index in [1.54, 1.807) is 0 Å². The number of aromatic hydroxyl groups is 1. The summed E-state index contributed by atoms with van der Waals surface area (Å²) in [6.45, 7) is 6.00. The number of hydrogen-bond donors (Lipinski definition) is 6. The number of phenols is 1. The third-order valence-electron chi connectivity index (χ3n) is 14.1. The number of hydrogen-bond acceptors (Lipinski definition) is 11. The number of phenolic OH excluding ortho intramolecular Hbond substituents is 1. The predicted molar refractivity (Wildman–Crippen MR) is 210 cm³/mol. The zero-order chi connectivity index (χ0) is 40.8. The minimum absolute atomic E-state index is 0.0328. The topological polar surface area (TPSA) is 164 Å². The highest BCUT2D eigenvalue weighted by molar-refractivity contribution is 5.94. The molecule has 10 atom stereocenters. The van der Waals surface area contributed by atoms with E-state index in [4.69, 9.17) is 4.74 Å². The van der Waals surface area contributed by atoms with E-state index in [0.29, 0.717) is 80.4 Å². The van der Waals surface area contributed by atoms with Gasteiger partial charge in [0.1, 0.15) is 23.8 Å². The Morgan fingerprint density at radius 2 is 1.78 bits per heavy atom.